The van der Waals surface area contributed by atoms with Gasteiger partial charge in [-0.2, -0.15) is 0 Å². The van der Waals surface area contributed by atoms with Crippen molar-refractivity contribution in [1.82, 2.24) is 4.81 Å². The van der Waals surface area contributed by atoms with Crippen LogP contribution in [0, 0.1) is 10.1 Å². The highest BCUT2D eigenvalue weighted by atomic mass is 16.6. The largest absolute Gasteiger partial charge is 0.339 e. The third kappa shape index (κ3) is 2.11. The zero-order chi connectivity index (χ0) is 11.5. The maximum atomic E-state index is 10.5. The standard InChI is InChI=1S/C10H10BN2O3/c14-7-11-12-5-9(6-12)8-1-3-10(4-2-8)13(15)16/h1-4,7,9H,5-6H2. The van der Waals surface area contributed by atoms with E-state index in [-0.39, 0.29) is 5.69 Å². The second kappa shape index (κ2) is 4.44. The third-order valence-electron chi connectivity index (χ3n) is 2.76. The van der Waals surface area contributed by atoms with Gasteiger partial charge in [0.25, 0.3) is 13.1 Å². The molecule has 81 valence electrons. The minimum atomic E-state index is -0.406. The summed E-state index contributed by atoms with van der Waals surface area (Å²) in [6.07, 6.45) is 0.770. The summed E-state index contributed by atoms with van der Waals surface area (Å²) in [4.78, 5) is 22.2. The molecule has 1 aliphatic heterocycles. The number of hydrogen-bond acceptors (Lipinski definition) is 4. The molecule has 0 aromatic heterocycles. The lowest BCUT2D eigenvalue weighted by molar-refractivity contribution is -0.384. The maximum Gasteiger partial charge on any atom is 0.293 e. The quantitative estimate of drug-likeness (QED) is 0.324. The van der Waals surface area contributed by atoms with Crippen molar-refractivity contribution in [2.24, 2.45) is 0 Å². The first-order valence-electron chi connectivity index (χ1n) is 4.97. The van der Waals surface area contributed by atoms with Gasteiger partial charge in [-0.3, -0.25) is 10.1 Å². The van der Waals surface area contributed by atoms with Gasteiger partial charge in [-0.15, -0.1) is 0 Å². The van der Waals surface area contributed by atoms with Crippen molar-refractivity contribution in [1.29, 1.82) is 0 Å². The predicted octanol–water partition coefficient (Wildman–Crippen LogP) is 0.803. The Kier molecular flexibility index (Phi) is 3.01. The van der Waals surface area contributed by atoms with Crippen molar-refractivity contribution in [3.8, 4) is 0 Å². The fraction of sp³-hybridized carbons (Fsp3) is 0.300. The highest BCUT2D eigenvalue weighted by Crippen LogP contribution is 2.27. The van der Waals surface area contributed by atoms with Crippen LogP contribution < -0.4 is 0 Å². The van der Waals surface area contributed by atoms with Crippen molar-refractivity contribution in [2.45, 2.75) is 5.92 Å². The van der Waals surface area contributed by atoms with E-state index in [0.717, 1.165) is 24.8 Å². The molecule has 0 amide bonds. The molecule has 2 rings (SSSR count). The van der Waals surface area contributed by atoms with Crippen LogP contribution in [0.4, 0.5) is 5.69 Å². The fourth-order valence-corrected chi connectivity index (χ4v) is 1.80. The van der Waals surface area contributed by atoms with E-state index >= 15 is 0 Å². The second-order valence-electron chi connectivity index (χ2n) is 3.78. The van der Waals surface area contributed by atoms with Crippen LogP contribution in [0.5, 0.6) is 0 Å². The molecule has 0 unspecified atom stereocenters. The Hall–Kier alpha value is -1.69. The van der Waals surface area contributed by atoms with Crippen molar-refractivity contribution >= 4 is 19.3 Å². The Labute approximate surface area is 93.5 Å². The Morgan fingerprint density at radius 1 is 1.38 bits per heavy atom. The van der Waals surface area contributed by atoms with E-state index in [1.54, 1.807) is 12.1 Å². The summed E-state index contributed by atoms with van der Waals surface area (Å²) >= 11 is 0. The smallest absolute Gasteiger partial charge is 0.293 e. The molecule has 1 aromatic rings. The van der Waals surface area contributed by atoms with Crippen molar-refractivity contribution in [3.05, 3.63) is 39.9 Å². The molecule has 5 nitrogen and oxygen atoms in total. The molecule has 0 bridgehead atoms. The SMILES string of the molecule is O=C[B]N1CC(c2ccc([N+](=O)[O-])cc2)C1. The maximum absolute atomic E-state index is 10.5. The van der Waals surface area contributed by atoms with Crippen LogP contribution in [0.3, 0.4) is 0 Å². The number of nitrogens with zero attached hydrogens (tertiary/aromatic N) is 2. The van der Waals surface area contributed by atoms with E-state index in [2.05, 4.69) is 0 Å². The van der Waals surface area contributed by atoms with Crippen LogP contribution >= 0.6 is 0 Å². The van der Waals surface area contributed by atoms with Gasteiger partial charge in [-0.05, 0) is 18.7 Å². The van der Waals surface area contributed by atoms with Crippen LogP contribution in [0.2, 0.25) is 0 Å². The molecule has 0 aliphatic carbocycles. The number of hydrogen-bond donors (Lipinski definition) is 0. The predicted molar refractivity (Wildman–Crippen MR) is 59.9 cm³/mol. The highest BCUT2D eigenvalue weighted by Gasteiger charge is 2.27. The van der Waals surface area contributed by atoms with Gasteiger partial charge in [0.2, 0.25) is 0 Å². The molecule has 1 heterocycles. The topological polar surface area (TPSA) is 63.5 Å². The Morgan fingerprint density at radius 2 is 2.00 bits per heavy atom. The normalized spacial score (nSPS) is 16.5. The zero-order valence-corrected chi connectivity index (χ0v) is 8.57. The van der Waals surface area contributed by atoms with Gasteiger partial charge < -0.3 is 9.61 Å². The second-order valence-corrected chi connectivity index (χ2v) is 3.78. The van der Waals surface area contributed by atoms with Crippen molar-refractivity contribution in [3.63, 3.8) is 0 Å². The summed E-state index contributed by atoms with van der Waals surface area (Å²) in [6.45, 7) is 1.60. The molecule has 1 aromatic carbocycles. The summed E-state index contributed by atoms with van der Waals surface area (Å²) < 4.78 is 0. The Bertz CT molecular complexity index is 401. The van der Waals surface area contributed by atoms with Crippen molar-refractivity contribution in [2.75, 3.05) is 13.1 Å². The van der Waals surface area contributed by atoms with E-state index in [0.29, 0.717) is 5.92 Å². The first-order chi connectivity index (χ1) is 7.70. The highest BCUT2D eigenvalue weighted by molar-refractivity contribution is 6.64. The van der Waals surface area contributed by atoms with Gasteiger partial charge in [-0.25, -0.2) is 0 Å². The summed E-state index contributed by atoms with van der Waals surface area (Å²) in [5.41, 5.74) is 1.19. The molecule has 16 heavy (non-hydrogen) atoms. The van der Waals surface area contributed by atoms with Crippen LogP contribution in [-0.2, 0) is 4.79 Å². The van der Waals surface area contributed by atoms with Gasteiger partial charge in [0, 0.05) is 18.1 Å². The summed E-state index contributed by atoms with van der Waals surface area (Å²) in [5, 5.41) is 10.5. The number of benzene rings is 1. The lowest BCUT2D eigenvalue weighted by atomic mass is 9.81. The number of carbonyl (C=O) groups excluding carboxylic acids is 1. The zero-order valence-electron chi connectivity index (χ0n) is 8.57. The summed E-state index contributed by atoms with van der Waals surface area (Å²) in [5.74, 6) is 0.372. The minimum absolute atomic E-state index is 0.111. The fourth-order valence-electron chi connectivity index (χ4n) is 1.80. The molecule has 0 atom stereocenters. The summed E-state index contributed by atoms with van der Waals surface area (Å²) in [7, 11) is 1.52. The Morgan fingerprint density at radius 3 is 2.50 bits per heavy atom. The number of nitro groups is 1. The number of non-ortho nitro benzene ring substituents is 1. The molecule has 0 N–H and O–H groups in total. The van der Waals surface area contributed by atoms with Gasteiger partial charge in [0.05, 0.1) is 11.1 Å². The average molecular weight is 217 g/mol. The first-order valence-corrected chi connectivity index (χ1v) is 4.97. The molecule has 0 saturated carbocycles. The first kappa shape index (κ1) is 10.8. The van der Waals surface area contributed by atoms with Crippen LogP contribution in [0.1, 0.15) is 11.5 Å². The molecule has 0 spiro atoms. The third-order valence-corrected chi connectivity index (χ3v) is 2.76. The van der Waals surface area contributed by atoms with Gasteiger partial charge in [0.15, 0.2) is 0 Å². The lowest BCUT2D eigenvalue weighted by Crippen LogP contribution is -2.47. The average Bonchev–Trinajstić information content (AvgIpc) is 2.23. The van der Waals surface area contributed by atoms with Crippen LogP contribution in [0.15, 0.2) is 24.3 Å². The van der Waals surface area contributed by atoms with E-state index < -0.39 is 4.92 Å². The van der Waals surface area contributed by atoms with E-state index in [4.69, 9.17) is 0 Å². The molecular formula is C10H10BN2O3. The number of nitro benzene ring substituents is 1. The van der Waals surface area contributed by atoms with E-state index in [1.807, 2.05) is 4.81 Å². The minimum Gasteiger partial charge on any atom is -0.339 e. The lowest BCUT2D eigenvalue weighted by Gasteiger charge is -2.38. The number of rotatable bonds is 4. The molecule has 1 aliphatic rings. The van der Waals surface area contributed by atoms with Gasteiger partial charge in [-0.1, -0.05) is 12.1 Å². The molecule has 1 saturated heterocycles. The monoisotopic (exact) mass is 217 g/mol. The van der Waals surface area contributed by atoms with Gasteiger partial charge in [0.1, 0.15) is 0 Å². The van der Waals surface area contributed by atoms with Gasteiger partial charge >= 0.3 is 0 Å². The van der Waals surface area contributed by atoms with Crippen LogP contribution in [0.25, 0.3) is 0 Å². The van der Waals surface area contributed by atoms with Crippen LogP contribution in [-0.4, -0.2) is 36.4 Å². The summed E-state index contributed by atoms with van der Waals surface area (Å²) in [6, 6.07) is 6.59. The Balaban J connectivity index is 1.97. The number of carbonyl (C=O) groups is 1. The molecule has 1 fully saturated rings. The van der Waals surface area contributed by atoms with E-state index in [9.17, 15) is 14.9 Å². The van der Waals surface area contributed by atoms with E-state index in [1.165, 1.54) is 19.5 Å². The molecular weight excluding hydrogens is 207 g/mol. The van der Waals surface area contributed by atoms with Crippen molar-refractivity contribution < 1.29 is 9.72 Å². The molecule has 6 heteroatoms. The molecule has 1 radical (unpaired) electrons.